The van der Waals surface area contributed by atoms with Crippen molar-refractivity contribution in [2.75, 3.05) is 4.72 Å². The van der Waals surface area contributed by atoms with Crippen LogP contribution in [0.3, 0.4) is 0 Å². The predicted molar refractivity (Wildman–Crippen MR) is 127 cm³/mol. The van der Waals surface area contributed by atoms with Crippen LogP contribution in [0, 0.1) is 6.92 Å². The fourth-order valence-corrected chi connectivity index (χ4v) is 4.53. The number of hydrogen-bond acceptors (Lipinski definition) is 6. The van der Waals surface area contributed by atoms with Crippen molar-refractivity contribution >= 4 is 32.5 Å². The molecule has 0 saturated heterocycles. The summed E-state index contributed by atoms with van der Waals surface area (Å²) in [5.74, 6) is -1.07. The number of rotatable bonds is 8. The number of carbonyl (C=O) groups excluding carboxylic acids is 1. The van der Waals surface area contributed by atoms with Gasteiger partial charge in [-0.3, -0.25) is 19.4 Å². The molecule has 0 aliphatic heterocycles. The van der Waals surface area contributed by atoms with Crippen molar-refractivity contribution in [3.8, 4) is 5.75 Å². The number of sulfonamides is 1. The van der Waals surface area contributed by atoms with Gasteiger partial charge in [0.15, 0.2) is 0 Å². The van der Waals surface area contributed by atoms with E-state index in [9.17, 15) is 31.2 Å². The van der Waals surface area contributed by atoms with Crippen molar-refractivity contribution in [2.24, 2.45) is 0 Å². The number of anilines is 1. The Morgan fingerprint density at radius 1 is 1.11 bits per heavy atom. The topological polar surface area (TPSA) is 135 Å². The Labute approximate surface area is 208 Å². The zero-order chi connectivity index (χ0) is 26.8. The van der Waals surface area contributed by atoms with Crippen LogP contribution in [0.1, 0.15) is 11.3 Å². The standard InChI is InChI=1S/C23H20F3N5O5S/c1-14-2-8-20(30-37(34,35)18-6-4-17(5-7-18)36-23(24,25)26)22(33)31(14)13-21(32)27-11-15-3-9-19-16(10-15)12-28-29-19/h2-10,12,30H,11,13H2,1H3,(H,27,32)(H,28,29). The van der Waals surface area contributed by atoms with Crippen molar-refractivity contribution in [3.05, 3.63) is 82.4 Å². The van der Waals surface area contributed by atoms with E-state index in [0.717, 1.165) is 45.3 Å². The summed E-state index contributed by atoms with van der Waals surface area (Å²) < 4.78 is 69.3. The van der Waals surface area contributed by atoms with Gasteiger partial charge in [0.2, 0.25) is 5.91 Å². The van der Waals surface area contributed by atoms with Gasteiger partial charge in [0.1, 0.15) is 18.0 Å². The van der Waals surface area contributed by atoms with E-state index in [4.69, 9.17) is 0 Å². The summed E-state index contributed by atoms with van der Waals surface area (Å²) in [6.45, 7) is 1.42. The van der Waals surface area contributed by atoms with E-state index in [1.807, 2.05) is 18.2 Å². The highest BCUT2D eigenvalue weighted by Gasteiger charge is 2.31. The molecule has 194 valence electrons. The van der Waals surface area contributed by atoms with Crippen molar-refractivity contribution in [1.29, 1.82) is 0 Å². The highest BCUT2D eigenvalue weighted by molar-refractivity contribution is 7.92. The number of nitrogens with zero attached hydrogens (tertiary/aromatic N) is 2. The molecule has 4 rings (SSSR count). The molecule has 0 saturated carbocycles. The van der Waals surface area contributed by atoms with Crippen LogP contribution in [-0.4, -0.2) is 35.5 Å². The second-order valence-corrected chi connectivity index (χ2v) is 9.66. The first-order chi connectivity index (χ1) is 17.4. The quantitative estimate of drug-likeness (QED) is 0.318. The van der Waals surface area contributed by atoms with Gasteiger partial charge in [-0.1, -0.05) is 6.07 Å². The Kier molecular flexibility index (Phi) is 6.94. The Bertz CT molecular complexity index is 1610. The minimum absolute atomic E-state index is 0.202. The Morgan fingerprint density at radius 2 is 1.84 bits per heavy atom. The largest absolute Gasteiger partial charge is 0.573 e. The monoisotopic (exact) mass is 535 g/mol. The Balaban J connectivity index is 1.46. The van der Waals surface area contributed by atoms with Crippen LogP contribution in [0.25, 0.3) is 10.9 Å². The maximum Gasteiger partial charge on any atom is 0.573 e. The lowest BCUT2D eigenvalue weighted by molar-refractivity contribution is -0.274. The fraction of sp³-hybridized carbons (Fsp3) is 0.174. The summed E-state index contributed by atoms with van der Waals surface area (Å²) in [5, 5.41) is 10.4. The van der Waals surface area contributed by atoms with Gasteiger partial charge in [-0.2, -0.15) is 5.10 Å². The molecule has 0 fully saturated rings. The van der Waals surface area contributed by atoms with Crippen LogP contribution < -0.4 is 20.3 Å². The van der Waals surface area contributed by atoms with Crippen molar-refractivity contribution in [1.82, 2.24) is 20.1 Å². The molecule has 2 aromatic heterocycles. The number of ether oxygens (including phenoxy) is 1. The summed E-state index contributed by atoms with van der Waals surface area (Å²) in [4.78, 5) is 25.1. The Morgan fingerprint density at radius 3 is 2.54 bits per heavy atom. The first kappa shape index (κ1) is 25.8. The number of alkyl halides is 3. The van der Waals surface area contributed by atoms with Gasteiger partial charge in [-0.15, -0.1) is 13.2 Å². The molecule has 2 aromatic carbocycles. The maximum atomic E-state index is 12.9. The molecule has 0 radical (unpaired) electrons. The van der Waals surface area contributed by atoms with E-state index in [2.05, 4.69) is 25.0 Å². The van der Waals surface area contributed by atoms with E-state index in [1.54, 1.807) is 13.1 Å². The van der Waals surface area contributed by atoms with Gasteiger partial charge in [0.25, 0.3) is 15.6 Å². The SMILES string of the molecule is Cc1ccc(NS(=O)(=O)c2ccc(OC(F)(F)F)cc2)c(=O)n1CC(=O)NCc1ccc2[nH]ncc2c1. The van der Waals surface area contributed by atoms with Crippen LogP contribution in [0.15, 0.2) is 70.5 Å². The van der Waals surface area contributed by atoms with E-state index >= 15 is 0 Å². The number of H-pyrrole nitrogens is 1. The molecule has 0 aliphatic carbocycles. The molecule has 3 N–H and O–H groups in total. The third-order valence-corrected chi connectivity index (χ3v) is 6.68. The van der Waals surface area contributed by atoms with E-state index in [1.165, 1.54) is 12.1 Å². The summed E-state index contributed by atoms with van der Waals surface area (Å²) in [5.41, 5.74) is 0.980. The number of aryl methyl sites for hydroxylation is 1. The maximum absolute atomic E-state index is 12.9. The van der Waals surface area contributed by atoms with Crippen molar-refractivity contribution in [2.45, 2.75) is 31.3 Å². The molecule has 4 aromatic rings. The lowest BCUT2D eigenvalue weighted by Crippen LogP contribution is -2.34. The van der Waals surface area contributed by atoms with E-state index < -0.39 is 33.6 Å². The second-order valence-electron chi connectivity index (χ2n) is 7.97. The van der Waals surface area contributed by atoms with Gasteiger partial charge in [-0.05, 0) is 61.0 Å². The molecule has 37 heavy (non-hydrogen) atoms. The molecular weight excluding hydrogens is 515 g/mol. The van der Waals surface area contributed by atoms with Crippen LogP contribution in [-0.2, 0) is 27.9 Å². The van der Waals surface area contributed by atoms with E-state index in [-0.39, 0.29) is 23.7 Å². The minimum Gasteiger partial charge on any atom is -0.406 e. The van der Waals surface area contributed by atoms with Crippen LogP contribution in [0.5, 0.6) is 5.75 Å². The van der Waals surface area contributed by atoms with Gasteiger partial charge in [0, 0.05) is 17.6 Å². The third-order valence-electron chi connectivity index (χ3n) is 5.30. The number of halogens is 3. The number of carbonyl (C=O) groups is 1. The molecule has 0 unspecified atom stereocenters. The van der Waals surface area contributed by atoms with E-state index in [0.29, 0.717) is 5.69 Å². The average Bonchev–Trinajstić information content (AvgIpc) is 3.29. The summed E-state index contributed by atoms with van der Waals surface area (Å²) in [7, 11) is -4.32. The number of nitrogens with one attached hydrogen (secondary N) is 3. The van der Waals surface area contributed by atoms with Crippen molar-refractivity contribution < 1.29 is 31.1 Å². The van der Waals surface area contributed by atoms with Crippen LogP contribution in [0.4, 0.5) is 18.9 Å². The summed E-state index contributed by atoms with van der Waals surface area (Å²) in [6, 6.07) is 11.7. The smallest absolute Gasteiger partial charge is 0.406 e. The van der Waals surface area contributed by atoms with Gasteiger partial charge >= 0.3 is 6.36 Å². The average molecular weight is 536 g/mol. The Hall–Kier alpha value is -4.33. The zero-order valence-corrected chi connectivity index (χ0v) is 20.0. The fourth-order valence-electron chi connectivity index (χ4n) is 3.47. The van der Waals surface area contributed by atoms with Crippen LogP contribution in [0.2, 0.25) is 0 Å². The number of fused-ring (bicyclic) bond motifs is 1. The van der Waals surface area contributed by atoms with Gasteiger partial charge < -0.3 is 14.6 Å². The molecule has 2 heterocycles. The molecule has 14 heteroatoms. The lowest BCUT2D eigenvalue weighted by atomic mass is 10.1. The van der Waals surface area contributed by atoms with Crippen LogP contribution >= 0.6 is 0 Å². The van der Waals surface area contributed by atoms with Gasteiger partial charge in [-0.25, -0.2) is 8.42 Å². The number of hydrogen-bond donors (Lipinski definition) is 3. The number of amides is 1. The first-order valence-electron chi connectivity index (χ1n) is 10.7. The molecule has 10 nitrogen and oxygen atoms in total. The molecular formula is C23H20F3N5O5S. The zero-order valence-electron chi connectivity index (χ0n) is 19.2. The first-order valence-corrected chi connectivity index (χ1v) is 12.2. The summed E-state index contributed by atoms with van der Waals surface area (Å²) >= 11 is 0. The number of aromatic nitrogens is 3. The second kappa shape index (κ2) is 9.97. The number of benzene rings is 2. The molecule has 0 aliphatic rings. The minimum atomic E-state index is -4.93. The summed E-state index contributed by atoms with van der Waals surface area (Å²) in [6.07, 6.45) is -3.27. The highest BCUT2D eigenvalue weighted by Crippen LogP contribution is 2.24. The number of pyridine rings is 1. The highest BCUT2D eigenvalue weighted by atomic mass is 32.2. The lowest BCUT2D eigenvalue weighted by Gasteiger charge is -2.14. The molecule has 0 spiro atoms. The molecule has 1 amide bonds. The van der Waals surface area contributed by atoms with Crippen molar-refractivity contribution in [3.63, 3.8) is 0 Å². The normalized spacial score (nSPS) is 11.9. The predicted octanol–water partition coefficient (Wildman–Crippen LogP) is 3.05. The third kappa shape index (κ3) is 6.27. The number of aromatic amines is 1. The van der Waals surface area contributed by atoms with Gasteiger partial charge in [0.05, 0.1) is 16.6 Å². The molecule has 0 bridgehead atoms. The molecule has 0 atom stereocenters.